The van der Waals surface area contributed by atoms with Crippen LogP contribution < -0.4 is 4.74 Å². The molecule has 3 nitrogen and oxygen atoms in total. The van der Waals surface area contributed by atoms with E-state index < -0.39 is 0 Å². The quantitative estimate of drug-likeness (QED) is 0.616. The van der Waals surface area contributed by atoms with Crippen molar-refractivity contribution in [2.75, 3.05) is 26.7 Å². The Balaban J connectivity index is 1.65. The summed E-state index contributed by atoms with van der Waals surface area (Å²) in [6.07, 6.45) is 2.58. The van der Waals surface area contributed by atoms with Crippen molar-refractivity contribution in [1.82, 2.24) is 4.90 Å². The minimum atomic E-state index is 0.246. The van der Waals surface area contributed by atoms with E-state index in [1.807, 2.05) is 19.2 Å². The van der Waals surface area contributed by atoms with Gasteiger partial charge in [0.05, 0.1) is 6.61 Å². The van der Waals surface area contributed by atoms with E-state index in [9.17, 15) is 4.79 Å². The predicted molar refractivity (Wildman–Crippen MR) is 96.5 cm³/mol. The van der Waals surface area contributed by atoms with Gasteiger partial charge in [0.2, 0.25) is 0 Å². The zero-order valence-corrected chi connectivity index (χ0v) is 14.8. The van der Waals surface area contributed by atoms with Gasteiger partial charge in [-0.25, -0.2) is 0 Å². The molecule has 0 unspecified atom stereocenters. The van der Waals surface area contributed by atoms with E-state index in [4.69, 9.17) is 4.74 Å². The van der Waals surface area contributed by atoms with Crippen LogP contribution in [0.5, 0.6) is 5.75 Å². The number of thiophene rings is 1. The van der Waals surface area contributed by atoms with E-state index in [-0.39, 0.29) is 5.78 Å². The van der Waals surface area contributed by atoms with E-state index in [0.717, 1.165) is 31.7 Å². The summed E-state index contributed by atoms with van der Waals surface area (Å²) < 4.78 is 5.78. The Morgan fingerprint density at radius 1 is 1.17 bits per heavy atom. The van der Waals surface area contributed by atoms with Crippen LogP contribution >= 0.6 is 11.3 Å². The maximum absolute atomic E-state index is 10.9. The monoisotopic (exact) mass is 331 g/mol. The van der Waals surface area contributed by atoms with Crippen LogP contribution in [0.15, 0.2) is 41.8 Å². The number of carbonyl (C=O) groups is 1. The highest BCUT2D eigenvalue weighted by Gasteiger charge is 2.02. The van der Waals surface area contributed by atoms with Gasteiger partial charge in [0.25, 0.3) is 0 Å². The van der Waals surface area contributed by atoms with Crippen molar-refractivity contribution in [1.29, 1.82) is 0 Å². The molecule has 1 heterocycles. The third-order valence-corrected chi connectivity index (χ3v) is 4.56. The second-order valence-electron chi connectivity index (χ2n) is 5.86. The van der Waals surface area contributed by atoms with Gasteiger partial charge in [-0.05, 0) is 49.5 Å². The van der Waals surface area contributed by atoms with Crippen LogP contribution in [0.3, 0.4) is 0 Å². The van der Waals surface area contributed by atoms with Crippen molar-refractivity contribution in [3.05, 3.63) is 52.2 Å². The number of benzene rings is 1. The Hall–Kier alpha value is -1.65. The molecule has 0 fully saturated rings. The van der Waals surface area contributed by atoms with Crippen LogP contribution in [0.2, 0.25) is 0 Å². The van der Waals surface area contributed by atoms with E-state index in [2.05, 4.69) is 34.5 Å². The van der Waals surface area contributed by atoms with Crippen LogP contribution in [-0.4, -0.2) is 37.4 Å². The number of hydrogen-bond acceptors (Lipinski definition) is 4. The molecule has 0 aliphatic heterocycles. The smallest absolute Gasteiger partial charge is 0.131 e. The second-order valence-corrected chi connectivity index (χ2v) is 6.89. The molecule has 4 heteroatoms. The Morgan fingerprint density at radius 3 is 2.61 bits per heavy atom. The van der Waals surface area contributed by atoms with E-state index >= 15 is 0 Å². The molecule has 1 aromatic carbocycles. The zero-order chi connectivity index (χ0) is 16.5. The average Bonchev–Trinajstić information content (AvgIpc) is 3.04. The Morgan fingerprint density at radius 2 is 1.96 bits per heavy atom. The summed E-state index contributed by atoms with van der Waals surface area (Å²) in [5, 5.41) is 2.11. The highest BCUT2D eigenvalue weighted by molar-refractivity contribution is 7.09. The van der Waals surface area contributed by atoms with Crippen LogP contribution in [0, 0.1) is 0 Å². The maximum atomic E-state index is 10.9. The lowest BCUT2D eigenvalue weighted by molar-refractivity contribution is -0.117. The fourth-order valence-corrected chi connectivity index (χ4v) is 3.04. The molecule has 0 amide bonds. The summed E-state index contributed by atoms with van der Waals surface area (Å²) in [5.41, 5.74) is 1.31. The lowest BCUT2D eigenvalue weighted by atomic mass is 10.1. The number of nitrogens with zero attached hydrogens (tertiary/aromatic N) is 1. The summed E-state index contributed by atoms with van der Waals surface area (Å²) >= 11 is 1.79. The van der Waals surface area contributed by atoms with Crippen LogP contribution in [0.1, 0.15) is 30.2 Å². The van der Waals surface area contributed by atoms with Gasteiger partial charge in [-0.15, -0.1) is 11.3 Å². The van der Waals surface area contributed by atoms with E-state index in [1.165, 1.54) is 10.4 Å². The summed E-state index contributed by atoms with van der Waals surface area (Å²) in [7, 11) is 2.04. The van der Waals surface area contributed by atoms with Gasteiger partial charge in [-0.3, -0.25) is 4.79 Å². The first-order chi connectivity index (χ1) is 11.1. The van der Waals surface area contributed by atoms with Crippen LogP contribution in [0.25, 0.3) is 0 Å². The lowest BCUT2D eigenvalue weighted by Crippen LogP contribution is -2.23. The minimum Gasteiger partial charge on any atom is -0.494 e. The number of ether oxygens (including phenoxy) is 1. The van der Waals surface area contributed by atoms with Crippen molar-refractivity contribution in [3.8, 4) is 5.75 Å². The molecule has 2 rings (SSSR count). The predicted octanol–water partition coefficient (Wildman–Crippen LogP) is 4.02. The molecular weight excluding hydrogens is 306 g/mol. The van der Waals surface area contributed by atoms with Crippen LogP contribution in [0.4, 0.5) is 0 Å². The highest BCUT2D eigenvalue weighted by atomic mass is 32.1. The molecule has 2 aromatic rings. The second kappa shape index (κ2) is 9.48. The minimum absolute atomic E-state index is 0.246. The van der Waals surface area contributed by atoms with Gasteiger partial charge in [-0.2, -0.15) is 0 Å². The van der Waals surface area contributed by atoms with Gasteiger partial charge in [-0.1, -0.05) is 18.2 Å². The molecule has 0 aliphatic carbocycles. The summed E-state index contributed by atoms with van der Waals surface area (Å²) in [6, 6.07) is 12.6. The zero-order valence-electron chi connectivity index (χ0n) is 14.0. The number of Topliss-reactive ketones (excluding diaryl/α,β-unsaturated/α-hetero) is 1. The first-order valence-electron chi connectivity index (χ1n) is 8.05. The molecule has 0 atom stereocenters. The Labute approximate surface area is 142 Å². The van der Waals surface area contributed by atoms with Gasteiger partial charge in [0, 0.05) is 30.8 Å². The molecule has 0 bridgehead atoms. The molecule has 0 radical (unpaired) electrons. The van der Waals surface area contributed by atoms with Gasteiger partial charge in [0.15, 0.2) is 0 Å². The van der Waals surface area contributed by atoms with Gasteiger partial charge >= 0.3 is 0 Å². The fraction of sp³-hybridized carbons (Fsp3) is 0.421. The van der Waals surface area contributed by atoms with Crippen molar-refractivity contribution < 1.29 is 9.53 Å². The SMILES string of the molecule is CC(=O)CCN(C)CCCOc1ccc(Cc2cccs2)cc1. The van der Waals surface area contributed by atoms with Gasteiger partial charge < -0.3 is 9.64 Å². The first-order valence-corrected chi connectivity index (χ1v) is 8.93. The highest BCUT2D eigenvalue weighted by Crippen LogP contribution is 2.18. The number of ketones is 1. The summed E-state index contributed by atoms with van der Waals surface area (Å²) in [5.74, 6) is 1.17. The molecule has 124 valence electrons. The maximum Gasteiger partial charge on any atom is 0.131 e. The topological polar surface area (TPSA) is 29.5 Å². The van der Waals surface area contributed by atoms with Crippen molar-refractivity contribution in [2.45, 2.75) is 26.2 Å². The van der Waals surface area contributed by atoms with E-state index in [1.54, 1.807) is 18.3 Å². The third-order valence-electron chi connectivity index (χ3n) is 3.68. The molecule has 23 heavy (non-hydrogen) atoms. The third kappa shape index (κ3) is 6.97. The van der Waals surface area contributed by atoms with Gasteiger partial charge in [0.1, 0.15) is 11.5 Å². The van der Waals surface area contributed by atoms with Crippen molar-refractivity contribution in [3.63, 3.8) is 0 Å². The number of rotatable bonds is 10. The largest absolute Gasteiger partial charge is 0.494 e. The molecule has 0 spiro atoms. The summed E-state index contributed by atoms with van der Waals surface area (Å²) in [4.78, 5) is 14.5. The molecule has 0 saturated heterocycles. The van der Waals surface area contributed by atoms with E-state index in [0.29, 0.717) is 13.0 Å². The normalized spacial score (nSPS) is 10.9. The van der Waals surface area contributed by atoms with Crippen molar-refractivity contribution in [2.24, 2.45) is 0 Å². The molecule has 0 N–H and O–H groups in total. The summed E-state index contributed by atoms with van der Waals surface area (Å²) in [6.45, 7) is 4.12. The lowest BCUT2D eigenvalue weighted by Gasteiger charge is -2.15. The fourth-order valence-electron chi connectivity index (χ4n) is 2.30. The number of hydrogen-bond donors (Lipinski definition) is 0. The number of carbonyl (C=O) groups excluding carboxylic acids is 1. The molecule has 1 aromatic heterocycles. The molecule has 0 aliphatic rings. The van der Waals surface area contributed by atoms with Crippen LogP contribution in [-0.2, 0) is 11.2 Å². The Bertz CT molecular complexity index is 578. The standard InChI is InChI=1S/C19H25NO2S/c1-16(21)10-12-20(2)11-4-13-22-18-8-6-17(7-9-18)15-19-5-3-14-23-19/h3,5-9,14H,4,10-13,15H2,1-2H3. The van der Waals surface area contributed by atoms with Crippen molar-refractivity contribution >= 4 is 17.1 Å². The molecular formula is C19H25NO2S. The first kappa shape index (κ1) is 17.7. The Kier molecular flexibility index (Phi) is 7.30. The molecule has 0 saturated carbocycles. The average molecular weight is 331 g/mol.